The van der Waals surface area contributed by atoms with Gasteiger partial charge in [-0.2, -0.15) is 0 Å². The minimum atomic E-state index is -0.257. The maximum Gasteiger partial charge on any atom is 0.220 e. The number of nitrogens with two attached hydrogens (primary N) is 1. The molecule has 0 saturated carbocycles. The van der Waals surface area contributed by atoms with Crippen LogP contribution in [0.4, 0.5) is 10.3 Å². The second-order valence-electron chi connectivity index (χ2n) is 5.08. The fraction of sp³-hybridized carbons (Fsp3) is 0.333. The first-order valence-electron chi connectivity index (χ1n) is 6.83. The Labute approximate surface area is 117 Å². The van der Waals surface area contributed by atoms with E-state index in [2.05, 4.69) is 15.3 Å². The van der Waals surface area contributed by atoms with Gasteiger partial charge in [-0.1, -0.05) is 12.1 Å². The van der Waals surface area contributed by atoms with Crippen molar-refractivity contribution in [2.45, 2.75) is 18.8 Å². The summed E-state index contributed by atoms with van der Waals surface area (Å²) in [6, 6.07) is 6.51. The lowest BCUT2D eigenvalue weighted by atomic mass is 9.91. The van der Waals surface area contributed by atoms with E-state index in [9.17, 15) is 4.39 Å². The second kappa shape index (κ2) is 5.54. The van der Waals surface area contributed by atoms with E-state index in [-0.39, 0.29) is 11.8 Å². The average molecular weight is 272 g/mol. The van der Waals surface area contributed by atoms with Gasteiger partial charge in [0.1, 0.15) is 5.82 Å². The maximum absolute atomic E-state index is 13.4. The Kier molecular flexibility index (Phi) is 3.60. The highest BCUT2D eigenvalue weighted by Crippen LogP contribution is 2.31. The van der Waals surface area contributed by atoms with Crippen LogP contribution in [0, 0.1) is 5.82 Å². The fourth-order valence-corrected chi connectivity index (χ4v) is 2.68. The van der Waals surface area contributed by atoms with E-state index < -0.39 is 0 Å². The Morgan fingerprint density at radius 1 is 1.35 bits per heavy atom. The minimum Gasteiger partial charge on any atom is -0.368 e. The summed E-state index contributed by atoms with van der Waals surface area (Å²) in [6.45, 7) is 1.91. The second-order valence-corrected chi connectivity index (χ2v) is 5.08. The van der Waals surface area contributed by atoms with Crippen LogP contribution < -0.4 is 11.1 Å². The van der Waals surface area contributed by atoms with Gasteiger partial charge in [0.05, 0.1) is 5.69 Å². The zero-order valence-electron chi connectivity index (χ0n) is 11.1. The largest absolute Gasteiger partial charge is 0.368 e. The monoisotopic (exact) mass is 272 g/mol. The first kappa shape index (κ1) is 13.0. The number of rotatable bonds is 2. The van der Waals surface area contributed by atoms with Crippen molar-refractivity contribution in [1.82, 2.24) is 15.3 Å². The predicted octanol–water partition coefficient (Wildman–Crippen LogP) is 2.33. The quantitative estimate of drug-likeness (QED) is 0.880. The Hall–Kier alpha value is -2.01. The van der Waals surface area contributed by atoms with Crippen molar-refractivity contribution >= 4 is 5.95 Å². The molecular weight excluding hydrogens is 255 g/mol. The highest BCUT2D eigenvalue weighted by Gasteiger charge is 2.21. The van der Waals surface area contributed by atoms with Crippen molar-refractivity contribution in [3.63, 3.8) is 0 Å². The van der Waals surface area contributed by atoms with Gasteiger partial charge < -0.3 is 11.1 Å². The number of hydrogen-bond donors (Lipinski definition) is 2. The normalized spacial score (nSPS) is 18.9. The molecule has 0 spiro atoms. The van der Waals surface area contributed by atoms with E-state index >= 15 is 0 Å². The summed E-state index contributed by atoms with van der Waals surface area (Å²) in [4.78, 5) is 8.47. The molecule has 3 rings (SSSR count). The average Bonchev–Trinajstić information content (AvgIpc) is 2.48. The Morgan fingerprint density at radius 2 is 2.25 bits per heavy atom. The first-order valence-corrected chi connectivity index (χ1v) is 6.83. The number of anilines is 1. The molecule has 2 heterocycles. The molecule has 104 valence electrons. The highest BCUT2D eigenvalue weighted by atomic mass is 19.1. The van der Waals surface area contributed by atoms with Gasteiger partial charge in [-0.15, -0.1) is 0 Å². The van der Waals surface area contributed by atoms with E-state index in [1.807, 2.05) is 6.07 Å². The molecule has 1 fully saturated rings. The molecular formula is C15H17FN4. The summed E-state index contributed by atoms with van der Waals surface area (Å²) in [5.41, 5.74) is 8.30. The van der Waals surface area contributed by atoms with Crippen molar-refractivity contribution < 1.29 is 4.39 Å². The molecule has 4 nitrogen and oxygen atoms in total. The van der Waals surface area contributed by atoms with Crippen molar-refractivity contribution in [2.24, 2.45) is 0 Å². The SMILES string of the molecule is Nc1ncc(-c2cccc(F)c2)c(C2CCCNC2)n1. The van der Waals surface area contributed by atoms with Gasteiger partial charge >= 0.3 is 0 Å². The lowest BCUT2D eigenvalue weighted by molar-refractivity contribution is 0.455. The first-order chi connectivity index (χ1) is 9.74. The smallest absolute Gasteiger partial charge is 0.220 e. The minimum absolute atomic E-state index is 0.257. The number of hydrogen-bond acceptors (Lipinski definition) is 4. The fourth-order valence-electron chi connectivity index (χ4n) is 2.68. The van der Waals surface area contributed by atoms with E-state index in [1.165, 1.54) is 12.1 Å². The molecule has 1 aromatic carbocycles. The number of nitrogen functional groups attached to an aromatic ring is 1. The number of piperidine rings is 1. The zero-order valence-corrected chi connectivity index (χ0v) is 11.1. The van der Waals surface area contributed by atoms with E-state index in [0.29, 0.717) is 5.92 Å². The van der Waals surface area contributed by atoms with Crippen molar-refractivity contribution in [3.05, 3.63) is 42.0 Å². The molecule has 20 heavy (non-hydrogen) atoms. The van der Waals surface area contributed by atoms with Crippen LogP contribution in [0.25, 0.3) is 11.1 Å². The van der Waals surface area contributed by atoms with Gasteiger partial charge in [-0.05, 0) is 37.1 Å². The van der Waals surface area contributed by atoms with Crippen molar-refractivity contribution in [3.8, 4) is 11.1 Å². The topological polar surface area (TPSA) is 63.8 Å². The third kappa shape index (κ3) is 2.63. The summed E-state index contributed by atoms with van der Waals surface area (Å²) in [5.74, 6) is 0.310. The van der Waals surface area contributed by atoms with Crippen LogP contribution in [-0.2, 0) is 0 Å². The number of benzene rings is 1. The summed E-state index contributed by atoms with van der Waals surface area (Å²) in [5, 5.41) is 3.37. The maximum atomic E-state index is 13.4. The standard InChI is InChI=1S/C15H17FN4/c16-12-5-1-3-10(7-12)13-9-19-15(17)20-14(13)11-4-2-6-18-8-11/h1,3,5,7,9,11,18H,2,4,6,8H2,(H2,17,19,20). The van der Waals surface area contributed by atoms with Gasteiger partial charge in [-0.3, -0.25) is 0 Å². The molecule has 1 aliphatic rings. The van der Waals surface area contributed by atoms with Gasteiger partial charge in [0, 0.05) is 24.2 Å². The third-order valence-electron chi connectivity index (χ3n) is 3.66. The van der Waals surface area contributed by atoms with Gasteiger partial charge in [-0.25, -0.2) is 14.4 Å². The molecule has 5 heteroatoms. The number of halogens is 1. The summed E-state index contributed by atoms with van der Waals surface area (Å²) in [7, 11) is 0. The van der Waals surface area contributed by atoms with Crippen LogP contribution in [0.2, 0.25) is 0 Å². The lowest BCUT2D eigenvalue weighted by Gasteiger charge is -2.24. The molecule has 1 atom stereocenters. The number of nitrogens with one attached hydrogen (secondary N) is 1. The van der Waals surface area contributed by atoms with E-state index in [0.717, 1.165) is 42.8 Å². The molecule has 1 aliphatic heterocycles. The van der Waals surface area contributed by atoms with Crippen LogP contribution in [0.15, 0.2) is 30.5 Å². The molecule has 1 saturated heterocycles. The molecule has 1 aromatic heterocycles. The zero-order chi connectivity index (χ0) is 13.9. The third-order valence-corrected chi connectivity index (χ3v) is 3.66. The summed E-state index contributed by atoms with van der Waals surface area (Å²) < 4.78 is 13.4. The molecule has 0 bridgehead atoms. The van der Waals surface area contributed by atoms with E-state index in [1.54, 1.807) is 12.3 Å². The van der Waals surface area contributed by atoms with Crippen molar-refractivity contribution in [1.29, 1.82) is 0 Å². The van der Waals surface area contributed by atoms with Crippen molar-refractivity contribution in [2.75, 3.05) is 18.8 Å². The lowest BCUT2D eigenvalue weighted by Crippen LogP contribution is -2.29. The van der Waals surface area contributed by atoms with E-state index in [4.69, 9.17) is 5.73 Å². The van der Waals surface area contributed by atoms with Crippen LogP contribution >= 0.6 is 0 Å². The Balaban J connectivity index is 2.05. The van der Waals surface area contributed by atoms with Gasteiger partial charge in [0.15, 0.2) is 0 Å². The predicted molar refractivity (Wildman–Crippen MR) is 76.7 cm³/mol. The van der Waals surface area contributed by atoms with Gasteiger partial charge in [0.2, 0.25) is 5.95 Å². The molecule has 0 amide bonds. The number of aromatic nitrogens is 2. The molecule has 0 radical (unpaired) electrons. The Bertz CT molecular complexity index is 609. The highest BCUT2D eigenvalue weighted by molar-refractivity contribution is 5.66. The summed E-state index contributed by atoms with van der Waals surface area (Å²) >= 11 is 0. The van der Waals surface area contributed by atoms with Gasteiger partial charge in [0.25, 0.3) is 0 Å². The molecule has 3 N–H and O–H groups in total. The molecule has 0 aliphatic carbocycles. The molecule has 1 unspecified atom stereocenters. The number of nitrogens with zero attached hydrogens (tertiary/aromatic N) is 2. The van der Waals surface area contributed by atoms with Crippen LogP contribution in [0.1, 0.15) is 24.5 Å². The summed E-state index contributed by atoms with van der Waals surface area (Å²) in [6.07, 6.45) is 3.87. The van der Waals surface area contributed by atoms with Crippen LogP contribution in [-0.4, -0.2) is 23.1 Å². The van der Waals surface area contributed by atoms with Crippen LogP contribution in [0.5, 0.6) is 0 Å². The Morgan fingerprint density at radius 3 is 3.00 bits per heavy atom. The molecule has 2 aromatic rings. The van der Waals surface area contributed by atoms with Crippen LogP contribution in [0.3, 0.4) is 0 Å².